The highest BCUT2D eigenvalue weighted by Crippen LogP contribution is 2.24. The molecule has 1 N–H and O–H groups in total. The number of rotatable bonds is 7. The van der Waals surface area contributed by atoms with Crippen molar-refractivity contribution in [3.8, 4) is 0 Å². The van der Waals surface area contributed by atoms with Crippen molar-refractivity contribution in [1.82, 2.24) is 15.1 Å². The van der Waals surface area contributed by atoms with Crippen LogP contribution in [-0.4, -0.2) is 59.7 Å². The highest BCUT2D eigenvalue weighted by Gasteiger charge is 2.36. The number of likely N-dealkylation sites (tertiary alicyclic amines) is 2. The topological polar surface area (TPSA) is 69.7 Å². The van der Waals surface area contributed by atoms with Gasteiger partial charge in [0.1, 0.15) is 6.04 Å². The molecule has 0 spiro atoms. The second-order valence-corrected chi connectivity index (χ2v) is 9.55. The number of aryl methyl sites for hydroxylation is 2. The molecule has 2 aromatic rings. The fraction of sp³-hybridized carbons (Fsp3) is 0.464. The molecule has 0 aromatic heterocycles. The summed E-state index contributed by atoms with van der Waals surface area (Å²) >= 11 is 0. The summed E-state index contributed by atoms with van der Waals surface area (Å²) in [6.45, 7) is 4.75. The molecule has 180 valence electrons. The van der Waals surface area contributed by atoms with E-state index >= 15 is 0 Å². The number of carbonyl (C=O) groups is 3. The number of hydrogen-bond acceptors (Lipinski definition) is 3. The molecule has 2 aromatic carbocycles. The van der Waals surface area contributed by atoms with Crippen molar-refractivity contribution in [2.24, 2.45) is 5.92 Å². The Morgan fingerprint density at radius 2 is 1.53 bits per heavy atom. The molecule has 2 aliphatic rings. The van der Waals surface area contributed by atoms with Crippen LogP contribution in [0.15, 0.2) is 54.6 Å². The molecule has 34 heavy (non-hydrogen) atoms. The van der Waals surface area contributed by atoms with Gasteiger partial charge in [0, 0.05) is 38.2 Å². The minimum absolute atomic E-state index is 0.0202. The van der Waals surface area contributed by atoms with Crippen molar-refractivity contribution in [1.29, 1.82) is 0 Å². The van der Waals surface area contributed by atoms with E-state index in [4.69, 9.17) is 0 Å². The molecule has 1 atom stereocenters. The number of hydrogen-bond donors (Lipinski definition) is 1. The summed E-state index contributed by atoms with van der Waals surface area (Å²) in [6, 6.07) is 16.9. The van der Waals surface area contributed by atoms with E-state index in [2.05, 4.69) is 5.32 Å². The Kier molecular flexibility index (Phi) is 7.99. The number of benzene rings is 2. The second-order valence-electron chi connectivity index (χ2n) is 9.55. The molecule has 4 rings (SSSR count). The highest BCUT2D eigenvalue weighted by atomic mass is 16.2. The van der Waals surface area contributed by atoms with Crippen molar-refractivity contribution >= 4 is 17.7 Å². The van der Waals surface area contributed by atoms with Gasteiger partial charge in [-0.05, 0) is 62.6 Å². The lowest BCUT2D eigenvalue weighted by Crippen LogP contribution is -2.54. The van der Waals surface area contributed by atoms with Crippen LogP contribution in [0.1, 0.15) is 53.6 Å². The van der Waals surface area contributed by atoms with E-state index < -0.39 is 6.04 Å². The van der Waals surface area contributed by atoms with Crippen LogP contribution in [0, 0.1) is 12.8 Å². The quantitative estimate of drug-likeness (QED) is 0.685. The molecular formula is C28H35N3O3. The van der Waals surface area contributed by atoms with Crippen molar-refractivity contribution < 1.29 is 14.4 Å². The zero-order valence-corrected chi connectivity index (χ0v) is 20.0. The van der Waals surface area contributed by atoms with E-state index in [0.29, 0.717) is 25.1 Å². The molecule has 3 amide bonds. The van der Waals surface area contributed by atoms with Crippen molar-refractivity contribution in [2.75, 3.05) is 26.2 Å². The van der Waals surface area contributed by atoms with Gasteiger partial charge in [0.05, 0.1) is 0 Å². The van der Waals surface area contributed by atoms with E-state index in [1.54, 1.807) is 12.1 Å². The Bertz CT molecular complexity index is 976. The highest BCUT2D eigenvalue weighted by molar-refractivity contribution is 5.97. The fourth-order valence-corrected chi connectivity index (χ4v) is 4.98. The predicted molar refractivity (Wildman–Crippen MR) is 132 cm³/mol. The summed E-state index contributed by atoms with van der Waals surface area (Å²) in [4.78, 5) is 42.9. The molecule has 2 fully saturated rings. The largest absolute Gasteiger partial charge is 0.343 e. The SMILES string of the molecule is Cc1ccc(C(=O)N[C@H](C(=O)N2CCCC2)C2CCN(C(=O)CCc3ccccc3)CC2)cc1. The third kappa shape index (κ3) is 6.04. The molecule has 2 saturated heterocycles. The monoisotopic (exact) mass is 461 g/mol. The molecule has 2 heterocycles. The first-order valence-electron chi connectivity index (χ1n) is 12.5. The van der Waals surface area contributed by atoms with Gasteiger partial charge in [-0.3, -0.25) is 14.4 Å². The average molecular weight is 462 g/mol. The van der Waals surface area contributed by atoms with E-state index in [-0.39, 0.29) is 23.6 Å². The smallest absolute Gasteiger partial charge is 0.251 e. The summed E-state index contributed by atoms with van der Waals surface area (Å²) in [5, 5.41) is 3.06. The van der Waals surface area contributed by atoms with Gasteiger partial charge in [-0.25, -0.2) is 0 Å². The number of carbonyl (C=O) groups excluding carboxylic acids is 3. The van der Waals surface area contributed by atoms with E-state index in [1.807, 2.05) is 59.2 Å². The van der Waals surface area contributed by atoms with Crippen LogP contribution in [0.5, 0.6) is 0 Å². The van der Waals surface area contributed by atoms with Gasteiger partial charge in [-0.2, -0.15) is 0 Å². The number of amides is 3. The van der Waals surface area contributed by atoms with Crippen LogP contribution in [-0.2, 0) is 16.0 Å². The van der Waals surface area contributed by atoms with Gasteiger partial charge < -0.3 is 15.1 Å². The molecular weight excluding hydrogens is 426 g/mol. The maximum absolute atomic E-state index is 13.4. The summed E-state index contributed by atoms with van der Waals surface area (Å²) < 4.78 is 0. The summed E-state index contributed by atoms with van der Waals surface area (Å²) in [6.07, 6.45) is 4.69. The van der Waals surface area contributed by atoms with Crippen LogP contribution >= 0.6 is 0 Å². The van der Waals surface area contributed by atoms with Gasteiger partial charge in [-0.15, -0.1) is 0 Å². The summed E-state index contributed by atoms with van der Waals surface area (Å²) in [5.74, 6) is -0.000171. The number of nitrogens with one attached hydrogen (secondary N) is 1. The zero-order chi connectivity index (χ0) is 23.9. The molecule has 0 bridgehead atoms. The zero-order valence-electron chi connectivity index (χ0n) is 20.0. The van der Waals surface area contributed by atoms with Crippen LogP contribution < -0.4 is 5.32 Å². The first kappa shape index (κ1) is 24.0. The van der Waals surface area contributed by atoms with Gasteiger partial charge in [0.25, 0.3) is 5.91 Å². The van der Waals surface area contributed by atoms with Gasteiger partial charge in [0.15, 0.2) is 0 Å². The Balaban J connectivity index is 1.37. The molecule has 2 aliphatic heterocycles. The third-order valence-corrected chi connectivity index (χ3v) is 7.12. The van der Waals surface area contributed by atoms with Crippen molar-refractivity contribution in [2.45, 2.75) is 51.5 Å². The Morgan fingerprint density at radius 1 is 0.882 bits per heavy atom. The molecule has 0 unspecified atom stereocenters. The van der Waals surface area contributed by atoms with E-state index in [9.17, 15) is 14.4 Å². The van der Waals surface area contributed by atoms with Crippen LogP contribution in [0.2, 0.25) is 0 Å². The molecule has 6 nitrogen and oxygen atoms in total. The number of nitrogens with zero attached hydrogens (tertiary/aromatic N) is 2. The van der Waals surface area contributed by atoms with Gasteiger partial charge in [0.2, 0.25) is 11.8 Å². The Hall–Kier alpha value is -3.15. The standard InChI is InChI=1S/C28H35N3O3/c1-21-9-12-24(13-10-21)27(33)29-26(28(34)31-17-5-6-18-31)23-15-19-30(20-16-23)25(32)14-11-22-7-3-2-4-8-22/h2-4,7-10,12-13,23,26H,5-6,11,14-20H2,1H3,(H,29,33)/t26-/m0/s1. The van der Waals surface area contributed by atoms with Crippen LogP contribution in [0.3, 0.4) is 0 Å². The first-order valence-corrected chi connectivity index (χ1v) is 12.5. The molecule has 6 heteroatoms. The Labute approximate surface area is 202 Å². The second kappa shape index (κ2) is 11.3. The van der Waals surface area contributed by atoms with Gasteiger partial charge in [-0.1, -0.05) is 48.0 Å². The minimum Gasteiger partial charge on any atom is -0.343 e. The Morgan fingerprint density at radius 3 is 2.18 bits per heavy atom. The lowest BCUT2D eigenvalue weighted by atomic mass is 9.88. The molecule has 0 saturated carbocycles. The van der Waals surface area contributed by atoms with Gasteiger partial charge >= 0.3 is 0 Å². The lowest BCUT2D eigenvalue weighted by Gasteiger charge is -2.37. The van der Waals surface area contributed by atoms with Crippen LogP contribution in [0.25, 0.3) is 0 Å². The molecule has 0 radical (unpaired) electrons. The minimum atomic E-state index is -0.548. The summed E-state index contributed by atoms with van der Waals surface area (Å²) in [5.41, 5.74) is 2.82. The summed E-state index contributed by atoms with van der Waals surface area (Å²) in [7, 11) is 0. The predicted octanol–water partition coefficient (Wildman–Crippen LogP) is 3.59. The van der Waals surface area contributed by atoms with E-state index in [0.717, 1.165) is 50.8 Å². The normalized spacial score (nSPS) is 17.4. The van der Waals surface area contributed by atoms with Crippen LogP contribution in [0.4, 0.5) is 0 Å². The average Bonchev–Trinajstić information content (AvgIpc) is 3.42. The van der Waals surface area contributed by atoms with Crippen molar-refractivity contribution in [3.05, 3.63) is 71.3 Å². The lowest BCUT2D eigenvalue weighted by molar-refractivity contribution is -0.135. The molecule has 0 aliphatic carbocycles. The third-order valence-electron chi connectivity index (χ3n) is 7.12. The van der Waals surface area contributed by atoms with E-state index in [1.165, 1.54) is 5.56 Å². The first-order chi connectivity index (χ1) is 16.5. The van der Waals surface area contributed by atoms with Crippen molar-refractivity contribution in [3.63, 3.8) is 0 Å². The fourth-order valence-electron chi connectivity index (χ4n) is 4.98. The maximum atomic E-state index is 13.4. The number of piperidine rings is 1. The maximum Gasteiger partial charge on any atom is 0.251 e.